The zero-order chi connectivity index (χ0) is 40.0. The highest BCUT2D eigenvalue weighted by Gasteiger charge is 2.27. The van der Waals surface area contributed by atoms with E-state index in [0.717, 1.165) is 50.2 Å². The second-order valence-electron chi connectivity index (χ2n) is 15.7. The number of thiophene rings is 1. The standard InChI is InChI=1S/C56H34N4S/c1-4-18-35(19-5-1)44-34-38(32-33-39(44)56-57-45-28-14-10-24-40(45)52(58-56)36-20-6-2-7-21-36)60-47-30-16-12-26-42(47)50-53(60)49-41-25-11-15-29-46(41)59(37-22-8-3-9-23-37)54(49)51-43-27-13-17-31-48(43)61-55(50)51/h1-34H. The fourth-order valence-corrected chi connectivity index (χ4v) is 11.0. The van der Waals surface area contributed by atoms with E-state index in [2.05, 4.69) is 209 Å². The maximum Gasteiger partial charge on any atom is 0.161 e. The Labute approximate surface area is 354 Å². The van der Waals surface area contributed by atoms with Crippen LogP contribution in [0.2, 0.25) is 0 Å². The molecule has 0 atom stereocenters. The monoisotopic (exact) mass is 794 g/mol. The van der Waals surface area contributed by atoms with Crippen molar-refractivity contribution in [2.24, 2.45) is 0 Å². The van der Waals surface area contributed by atoms with Crippen molar-refractivity contribution in [1.29, 1.82) is 0 Å². The molecule has 0 bridgehead atoms. The molecule has 0 spiro atoms. The van der Waals surface area contributed by atoms with E-state index in [4.69, 9.17) is 9.97 Å². The lowest BCUT2D eigenvalue weighted by Gasteiger charge is -2.16. The van der Waals surface area contributed by atoms with Crippen LogP contribution in [0.3, 0.4) is 0 Å². The number of hydrogen-bond acceptors (Lipinski definition) is 3. The van der Waals surface area contributed by atoms with Crippen molar-refractivity contribution in [3.05, 3.63) is 206 Å². The summed E-state index contributed by atoms with van der Waals surface area (Å²) in [6.45, 7) is 0. The first-order chi connectivity index (χ1) is 30.3. The van der Waals surface area contributed by atoms with Gasteiger partial charge in [-0.2, -0.15) is 0 Å². The van der Waals surface area contributed by atoms with E-state index in [0.29, 0.717) is 5.82 Å². The molecule has 9 aromatic carbocycles. The highest BCUT2D eigenvalue weighted by Crippen LogP contribution is 2.51. The summed E-state index contributed by atoms with van der Waals surface area (Å²) in [7, 11) is 0. The minimum absolute atomic E-state index is 0.700. The van der Waals surface area contributed by atoms with Gasteiger partial charge in [0.2, 0.25) is 0 Å². The summed E-state index contributed by atoms with van der Waals surface area (Å²) in [5, 5.41) is 8.62. The predicted molar refractivity (Wildman–Crippen MR) is 257 cm³/mol. The molecule has 5 heteroatoms. The van der Waals surface area contributed by atoms with Gasteiger partial charge in [-0.15, -0.1) is 11.3 Å². The molecule has 0 aliphatic carbocycles. The highest BCUT2D eigenvalue weighted by atomic mass is 32.1. The average molecular weight is 795 g/mol. The Bertz CT molecular complexity index is 3860. The van der Waals surface area contributed by atoms with Crippen LogP contribution >= 0.6 is 11.3 Å². The molecule has 0 saturated carbocycles. The van der Waals surface area contributed by atoms with E-state index in [-0.39, 0.29) is 0 Å². The quantitative estimate of drug-likeness (QED) is 0.174. The van der Waals surface area contributed by atoms with Gasteiger partial charge in [0.15, 0.2) is 5.82 Å². The third-order valence-electron chi connectivity index (χ3n) is 12.3. The number of para-hydroxylation sites is 4. The van der Waals surface area contributed by atoms with Crippen molar-refractivity contribution in [3.8, 4) is 45.1 Å². The summed E-state index contributed by atoms with van der Waals surface area (Å²) in [6, 6.07) is 74.0. The number of fused-ring (bicyclic) bond motifs is 13. The Morgan fingerprint density at radius 2 is 0.918 bits per heavy atom. The first-order valence-corrected chi connectivity index (χ1v) is 21.5. The summed E-state index contributed by atoms with van der Waals surface area (Å²) < 4.78 is 7.60. The van der Waals surface area contributed by atoms with E-state index < -0.39 is 0 Å². The average Bonchev–Trinajstić information content (AvgIpc) is 4.00. The fourth-order valence-electron chi connectivity index (χ4n) is 9.73. The molecular weight excluding hydrogens is 761 g/mol. The topological polar surface area (TPSA) is 35.6 Å². The van der Waals surface area contributed by atoms with E-state index in [1.807, 2.05) is 17.4 Å². The minimum atomic E-state index is 0.700. The lowest BCUT2D eigenvalue weighted by Crippen LogP contribution is -2.00. The number of aromatic nitrogens is 4. The largest absolute Gasteiger partial charge is 0.308 e. The maximum atomic E-state index is 5.36. The van der Waals surface area contributed by atoms with E-state index in [9.17, 15) is 0 Å². The van der Waals surface area contributed by atoms with E-state index >= 15 is 0 Å². The van der Waals surface area contributed by atoms with Crippen LogP contribution in [0.4, 0.5) is 0 Å². The molecule has 0 aliphatic heterocycles. The Kier molecular flexibility index (Phi) is 7.44. The molecule has 0 unspecified atom stereocenters. The summed E-state index contributed by atoms with van der Waals surface area (Å²) in [5.41, 5.74) is 13.1. The molecule has 284 valence electrons. The fraction of sp³-hybridized carbons (Fsp3) is 0. The van der Waals surface area contributed by atoms with Gasteiger partial charge in [-0.25, -0.2) is 9.97 Å². The lowest BCUT2D eigenvalue weighted by molar-refractivity contribution is 1.18. The first kappa shape index (κ1) is 34.0. The van der Waals surface area contributed by atoms with Crippen molar-refractivity contribution in [1.82, 2.24) is 19.1 Å². The van der Waals surface area contributed by atoms with Crippen LogP contribution in [0.5, 0.6) is 0 Å². The Morgan fingerprint density at radius 1 is 0.377 bits per heavy atom. The molecule has 4 aromatic heterocycles. The second kappa shape index (κ2) is 13.3. The Balaban J connectivity index is 1.18. The normalized spacial score (nSPS) is 11.9. The van der Waals surface area contributed by atoms with Gasteiger partial charge >= 0.3 is 0 Å². The van der Waals surface area contributed by atoms with E-state index in [1.165, 1.54) is 63.8 Å². The number of benzene rings is 9. The van der Waals surface area contributed by atoms with Gasteiger partial charge in [0.25, 0.3) is 0 Å². The summed E-state index contributed by atoms with van der Waals surface area (Å²) >= 11 is 1.90. The van der Waals surface area contributed by atoms with Crippen molar-refractivity contribution < 1.29 is 0 Å². The van der Waals surface area contributed by atoms with Crippen molar-refractivity contribution in [2.75, 3.05) is 0 Å². The van der Waals surface area contributed by atoms with Crippen LogP contribution in [-0.2, 0) is 0 Å². The van der Waals surface area contributed by atoms with Crippen molar-refractivity contribution >= 4 is 86.0 Å². The summed E-state index contributed by atoms with van der Waals surface area (Å²) in [5.74, 6) is 0.700. The van der Waals surface area contributed by atoms with E-state index in [1.54, 1.807) is 0 Å². The Morgan fingerprint density at radius 3 is 1.64 bits per heavy atom. The zero-order valence-electron chi connectivity index (χ0n) is 32.8. The van der Waals surface area contributed by atoms with Gasteiger partial charge in [-0.3, -0.25) is 0 Å². The molecule has 4 nitrogen and oxygen atoms in total. The molecule has 13 aromatic rings. The van der Waals surface area contributed by atoms with Crippen LogP contribution < -0.4 is 0 Å². The maximum absolute atomic E-state index is 5.36. The van der Waals surface area contributed by atoms with Crippen LogP contribution in [-0.4, -0.2) is 19.1 Å². The molecule has 0 N–H and O–H groups in total. The molecule has 0 aliphatic rings. The zero-order valence-corrected chi connectivity index (χ0v) is 33.6. The third kappa shape index (κ3) is 5.05. The van der Waals surface area contributed by atoms with Crippen molar-refractivity contribution in [3.63, 3.8) is 0 Å². The van der Waals surface area contributed by atoms with Gasteiger partial charge in [0.1, 0.15) is 0 Å². The van der Waals surface area contributed by atoms with Crippen LogP contribution in [0, 0.1) is 0 Å². The Hall–Kier alpha value is -7.86. The van der Waals surface area contributed by atoms with Gasteiger partial charge in [-0.05, 0) is 65.7 Å². The molecule has 0 fully saturated rings. The summed E-state index contributed by atoms with van der Waals surface area (Å²) in [4.78, 5) is 10.6. The molecule has 0 radical (unpaired) electrons. The van der Waals surface area contributed by atoms with Crippen LogP contribution in [0.15, 0.2) is 206 Å². The summed E-state index contributed by atoms with van der Waals surface area (Å²) in [6.07, 6.45) is 0. The number of hydrogen-bond donors (Lipinski definition) is 0. The highest BCUT2D eigenvalue weighted by molar-refractivity contribution is 7.27. The predicted octanol–water partition coefficient (Wildman–Crippen LogP) is 15.2. The lowest BCUT2D eigenvalue weighted by atomic mass is 9.97. The second-order valence-corrected chi connectivity index (χ2v) is 16.7. The molecule has 0 saturated heterocycles. The van der Waals surface area contributed by atoms with Crippen molar-refractivity contribution in [2.45, 2.75) is 0 Å². The van der Waals surface area contributed by atoms with Crippen LogP contribution in [0.25, 0.3) is 120 Å². The molecule has 61 heavy (non-hydrogen) atoms. The minimum Gasteiger partial charge on any atom is -0.308 e. The number of nitrogens with zero attached hydrogens (tertiary/aromatic N) is 4. The molecular formula is C56H34N4S. The van der Waals surface area contributed by atoms with Gasteiger partial charge in [0.05, 0.1) is 33.3 Å². The SMILES string of the molecule is c1ccc(-c2cc(-n3c4ccccc4c4c5sc6ccccc6c5c5c(c6ccccc6n5-c5ccccc5)c43)ccc2-c2nc(-c3ccccc3)c3ccccc3n2)cc1. The van der Waals surface area contributed by atoms with Crippen LogP contribution in [0.1, 0.15) is 0 Å². The van der Waals surface area contributed by atoms with Gasteiger partial charge in [-0.1, -0.05) is 152 Å². The third-order valence-corrected chi connectivity index (χ3v) is 13.5. The van der Waals surface area contributed by atoms with Gasteiger partial charge < -0.3 is 9.13 Å². The van der Waals surface area contributed by atoms with Gasteiger partial charge in [0, 0.05) is 69.6 Å². The molecule has 4 heterocycles. The molecule has 0 amide bonds. The number of rotatable bonds is 5. The molecule has 13 rings (SSSR count). The first-order valence-electron chi connectivity index (χ1n) is 20.7. The smallest absolute Gasteiger partial charge is 0.161 e.